The second kappa shape index (κ2) is 8.70. The van der Waals surface area contributed by atoms with Gasteiger partial charge in [-0.2, -0.15) is 5.10 Å². The van der Waals surface area contributed by atoms with Crippen LogP contribution in [0.15, 0.2) is 60.9 Å². The minimum Gasteiger partial charge on any atom is -0.467 e. The Bertz CT molecular complexity index is 1030. The Morgan fingerprint density at radius 1 is 1.28 bits per heavy atom. The molecule has 7 heteroatoms. The number of ether oxygens (including phenoxy) is 3. The minimum atomic E-state index is -0.536. The molecular formula is C22H19FN2O4. The van der Waals surface area contributed by atoms with Crippen molar-refractivity contribution in [3.8, 4) is 5.75 Å². The van der Waals surface area contributed by atoms with Crippen LogP contribution in [0.5, 0.6) is 5.75 Å². The molecule has 1 aromatic heterocycles. The third-order valence-corrected chi connectivity index (χ3v) is 4.37. The highest BCUT2D eigenvalue weighted by Crippen LogP contribution is 2.29. The van der Waals surface area contributed by atoms with Crippen LogP contribution in [-0.2, 0) is 34.0 Å². The molecule has 29 heavy (non-hydrogen) atoms. The molecule has 2 heterocycles. The normalized spacial score (nSPS) is 13.1. The van der Waals surface area contributed by atoms with Crippen LogP contribution in [0.3, 0.4) is 0 Å². The number of carbonyl (C=O) groups excluding carboxylic acids is 1. The van der Waals surface area contributed by atoms with Crippen molar-refractivity contribution in [1.82, 2.24) is 9.78 Å². The van der Waals surface area contributed by atoms with Crippen molar-refractivity contribution < 1.29 is 23.4 Å². The summed E-state index contributed by atoms with van der Waals surface area (Å²) in [5, 5.41) is 4.28. The van der Waals surface area contributed by atoms with Gasteiger partial charge in [0.2, 0.25) is 0 Å². The summed E-state index contributed by atoms with van der Waals surface area (Å²) in [6.07, 6.45) is 6.46. The van der Waals surface area contributed by atoms with Crippen LogP contribution in [0.2, 0.25) is 0 Å². The van der Waals surface area contributed by atoms with Crippen LogP contribution in [0, 0.1) is 5.82 Å². The van der Waals surface area contributed by atoms with Crippen LogP contribution in [0.1, 0.15) is 22.3 Å². The maximum Gasteiger partial charge on any atom is 0.331 e. The Hall–Kier alpha value is -3.45. The summed E-state index contributed by atoms with van der Waals surface area (Å²) < 4.78 is 31.3. The number of nitrogens with zero attached hydrogens (tertiary/aromatic N) is 2. The Morgan fingerprint density at radius 3 is 3.00 bits per heavy atom. The molecule has 4 rings (SSSR count). The predicted molar refractivity (Wildman–Crippen MR) is 103 cm³/mol. The number of fused-ring (bicyclic) bond motifs is 1. The first kappa shape index (κ1) is 18.9. The summed E-state index contributed by atoms with van der Waals surface area (Å²) in [5.74, 6) is -0.451. The Morgan fingerprint density at radius 2 is 2.14 bits per heavy atom. The van der Waals surface area contributed by atoms with Crippen LogP contribution < -0.4 is 4.74 Å². The topological polar surface area (TPSA) is 62.6 Å². The molecule has 0 saturated heterocycles. The zero-order valence-electron chi connectivity index (χ0n) is 15.6. The molecule has 0 N–H and O–H groups in total. The summed E-state index contributed by atoms with van der Waals surface area (Å²) in [6, 6.07) is 12.6. The molecule has 6 nitrogen and oxygen atoms in total. The Balaban J connectivity index is 1.35. The van der Waals surface area contributed by atoms with Gasteiger partial charge >= 0.3 is 5.97 Å². The van der Waals surface area contributed by atoms with E-state index in [1.54, 1.807) is 17.0 Å². The van der Waals surface area contributed by atoms with E-state index in [-0.39, 0.29) is 20.0 Å². The SMILES string of the molecule is O=C(/C=C/c1cnn(Cc2ccccc2)c1)OCc1cc(F)cc2c1OCOC2. The summed E-state index contributed by atoms with van der Waals surface area (Å²) in [5.41, 5.74) is 2.99. The highest BCUT2D eigenvalue weighted by molar-refractivity contribution is 5.86. The largest absolute Gasteiger partial charge is 0.467 e. The second-order valence-corrected chi connectivity index (χ2v) is 6.56. The van der Waals surface area contributed by atoms with E-state index in [1.807, 2.05) is 36.5 Å². The Labute approximate surface area is 167 Å². The molecule has 0 saturated carbocycles. The third-order valence-electron chi connectivity index (χ3n) is 4.37. The van der Waals surface area contributed by atoms with E-state index in [0.29, 0.717) is 23.4 Å². The van der Waals surface area contributed by atoms with E-state index in [4.69, 9.17) is 14.2 Å². The van der Waals surface area contributed by atoms with Crippen molar-refractivity contribution in [2.24, 2.45) is 0 Å². The van der Waals surface area contributed by atoms with Crippen molar-refractivity contribution in [3.05, 3.63) is 89.0 Å². The smallest absolute Gasteiger partial charge is 0.331 e. The number of hydrogen-bond acceptors (Lipinski definition) is 5. The average molecular weight is 394 g/mol. The van der Waals surface area contributed by atoms with Crippen LogP contribution in [0.25, 0.3) is 6.08 Å². The quantitative estimate of drug-likeness (QED) is 0.471. The van der Waals surface area contributed by atoms with Crippen LogP contribution >= 0.6 is 0 Å². The molecule has 0 amide bonds. The molecule has 0 radical (unpaired) electrons. The van der Waals surface area contributed by atoms with E-state index in [9.17, 15) is 9.18 Å². The third kappa shape index (κ3) is 4.89. The van der Waals surface area contributed by atoms with Crippen molar-refractivity contribution in [1.29, 1.82) is 0 Å². The molecule has 1 aliphatic heterocycles. The monoisotopic (exact) mass is 394 g/mol. The van der Waals surface area contributed by atoms with Gasteiger partial charge < -0.3 is 14.2 Å². The number of carbonyl (C=O) groups is 1. The van der Waals surface area contributed by atoms with E-state index >= 15 is 0 Å². The van der Waals surface area contributed by atoms with Crippen molar-refractivity contribution in [3.63, 3.8) is 0 Å². The lowest BCUT2D eigenvalue weighted by Gasteiger charge is -2.20. The van der Waals surface area contributed by atoms with E-state index < -0.39 is 11.8 Å². The van der Waals surface area contributed by atoms with Crippen LogP contribution in [0.4, 0.5) is 4.39 Å². The summed E-state index contributed by atoms with van der Waals surface area (Å²) >= 11 is 0. The molecule has 0 unspecified atom stereocenters. The summed E-state index contributed by atoms with van der Waals surface area (Å²) in [4.78, 5) is 12.0. The second-order valence-electron chi connectivity index (χ2n) is 6.56. The van der Waals surface area contributed by atoms with Gasteiger partial charge in [0.1, 0.15) is 18.2 Å². The van der Waals surface area contributed by atoms with Gasteiger partial charge in [-0.15, -0.1) is 0 Å². The zero-order valence-corrected chi connectivity index (χ0v) is 15.6. The maximum atomic E-state index is 13.7. The number of esters is 1. The molecule has 0 spiro atoms. The predicted octanol–water partition coefficient (Wildman–Crippen LogP) is 3.69. The summed E-state index contributed by atoms with van der Waals surface area (Å²) in [6.45, 7) is 0.914. The molecule has 2 aromatic carbocycles. The number of rotatable bonds is 6. The maximum absolute atomic E-state index is 13.7. The number of benzene rings is 2. The fourth-order valence-electron chi connectivity index (χ4n) is 3.05. The van der Waals surface area contributed by atoms with E-state index in [1.165, 1.54) is 18.2 Å². The van der Waals surface area contributed by atoms with Gasteiger partial charge in [0, 0.05) is 29.0 Å². The molecule has 1 aliphatic rings. The molecule has 0 atom stereocenters. The first-order valence-corrected chi connectivity index (χ1v) is 9.10. The molecule has 3 aromatic rings. The van der Waals surface area contributed by atoms with Gasteiger partial charge in [-0.3, -0.25) is 4.68 Å². The van der Waals surface area contributed by atoms with Crippen molar-refractivity contribution in [2.45, 2.75) is 19.8 Å². The molecule has 0 aliphatic carbocycles. The van der Waals surface area contributed by atoms with Crippen molar-refractivity contribution in [2.75, 3.05) is 6.79 Å². The molecule has 148 valence electrons. The highest BCUT2D eigenvalue weighted by Gasteiger charge is 2.17. The first-order chi connectivity index (χ1) is 14.2. The summed E-state index contributed by atoms with van der Waals surface area (Å²) in [7, 11) is 0. The molecule has 0 bridgehead atoms. The van der Waals surface area contributed by atoms with Gasteiger partial charge in [0.15, 0.2) is 6.79 Å². The fourth-order valence-corrected chi connectivity index (χ4v) is 3.05. The van der Waals surface area contributed by atoms with Gasteiger partial charge in [-0.25, -0.2) is 9.18 Å². The van der Waals surface area contributed by atoms with Crippen LogP contribution in [-0.4, -0.2) is 22.5 Å². The lowest BCUT2D eigenvalue weighted by molar-refractivity contribution is -0.139. The van der Waals surface area contributed by atoms with Gasteiger partial charge in [0.05, 0.1) is 19.3 Å². The lowest BCUT2D eigenvalue weighted by Crippen LogP contribution is -2.14. The van der Waals surface area contributed by atoms with Gasteiger partial charge in [0.25, 0.3) is 0 Å². The molecular weight excluding hydrogens is 375 g/mol. The lowest BCUT2D eigenvalue weighted by atomic mass is 10.1. The number of halogens is 1. The van der Waals surface area contributed by atoms with Gasteiger partial charge in [-0.1, -0.05) is 30.3 Å². The standard InChI is InChI=1S/C22H19FN2O4/c23-20-8-18-13-27-15-29-22(18)19(9-20)14-28-21(26)7-6-17-10-24-25(12-17)11-16-4-2-1-3-5-16/h1-10,12H,11,13-15H2/b7-6+. The molecule has 0 fully saturated rings. The first-order valence-electron chi connectivity index (χ1n) is 9.10. The number of hydrogen-bond donors (Lipinski definition) is 0. The average Bonchev–Trinajstić information content (AvgIpc) is 3.18. The highest BCUT2D eigenvalue weighted by atomic mass is 19.1. The van der Waals surface area contributed by atoms with Crippen molar-refractivity contribution >= 4 is 12.0 Å². The fraction of sp³-hybridized carbons (Fsp3) is 0.182. The van der Waals surface area contributed by atoms with E-state index in [0.717, 1.165) is 11.1 Å². The Kier molecular flexibility index (Phi) is 5.67. The zero-order chi connectivity index (χ0) is 20.1. The van der Waals surface area contributed by atoms with E-state index in [2.05, 4.69) is 5.10 Å². The minimum absolute atomic E-state index is 0.0868. The number of aromatic nitrogens is 2. The van der Waals surface area contributed by atoms with Gasteiger partial charge in [-0.05, 0) is 23.8 Å².